The molecule has 1 aromatic carbocycles. The van der Waals surface area contributed by atoms with Gasteiger partial charge in [-0.15, -0.1) is 0 Å². The van der Waals surface area contributed by atoms with Crippen LogP contribution in [0.2, 0.25) is 0 Å². The quantitative estimate of drug-likeness (QED) is 0.824. The number of rotatable bonds is 4. The topological polar surface area (TPSA) is 55.1 Å². The number of amides is 1. The van der Waals surface area contributed by atoms with Crippen LogP contribution in [0.5, 0.6) is 0 Å². The number of nitrogens with two attached hydrogens (primary N) is 1. The molecule has 20 heavy (non-hydrogen) atoms. The molecule has 1 aliphatic rings. The Hall–Kier alpha value is -1.79. The average Bonchev–Trinajstić information content (AvgIpc) is 2.97. The molecule has 0 heterocycles. The van der Waals surface area contributed by atoms with Crippen LogP contribution in [0, 0.1) is 17.8 Å². The molecule has 1 aliphatic carbocycles. The van der Waals surface area contributed by atoms with Crippen molar-refractivity contribution in [2.75, 3.05) is 6.54 Å². The van der Waals surface area contributed by atoms with Crippen molar-refractivity contribution in [2.45, 2.75) is 38.6 Å². The molecule has 0 saturated heterocycles. The van der Waals surface area contributed by atoms with Gasteiger partial charge in [0.15, 0.2) is 0 Å². The second-order valence-electron chi connectivity index (χ2n) is 5.33. The smallest absolute Gasteiger partial charge is 0.220 e. The molecule has 3 N–H and O–H groups in total. The summed E-state index contributed by atoms with van der Waals surface area (Å²) < 4.78 is 0. The zero-order chi connectivity index (χ0) is 14.2. The Labute approximate surface area is 120 Å². The van der Waals surface area contributed by atoms with E-state index in [1.807, 2.05) is 24.3 Å². The van der Waals surface area contributed by atoms with Crippen molar-refractivity contribution in [2.24, 2.45) is 11.7 Å². The van der Waals surface area contributed by atoms with Crippen LogP contribution in [0.3, 0.4) is 0 Å². The van der Waals surface area contributed by atoms with Gasteiger partial charge in [0.25, 0.3) is 0 Å². The summed E-state index contributed by atoms with van der Waals surface area (Å²) >= 11 is 0. The van der Waals surface area contributed by atoms with Gasteiger partial charge < -0.3 is 11.1 Å². The van der Waals surface area contributed by atoms with Crippen LogP contribution in [-0.4, -0.2) is 12.5 Å². The third-order valence-corrected chi connectivity index (χ3v) is 3.73. The van der Waals surface area contributed by atoms with Gasteiger partial charge in [-0.05, 0) is 36.5 Å². The minimum Gasteiger partial charge on any atom is -0.352 e. The normalized spacial score (nSPS) is 14.7. The minimum atomic E-state index is 0.170. The fourth-order valence-corrected chi connectivity index (χ4v) is 2.61. The fourth-order valence-electron chi connectivity index (χ4n) is 2.61. The summed E-state index contributed by atoms with van der Waals surface area (Å²) in [5, 5.41) is 2.99. The maximum Gasteiger partial charge on any atom is 0.220 e. The van der Waals surface area contributed by atoms with Gasteiger partial charge in [0.2, 0.25) is 5.91 Å². The largest absolute Gasteiger partial charge is 0.352 e. The number of hydrogen-bond donors (Lipinski definition) is 2. The second kappa shape index (κ2) is 7.72. The van der Waals surface area contributed by atoms with E-state index in [9.17, 15) is 4.79 Å². The van der Waals surface area contributed by atoms with Crippen LogP contribution in [0.4, 0.5) is 0 Å². The van der Waals surface area contributed by atoms with Gasteiger partial charge in [0.1, 0.15) is 0 Å². The lowest BCUT2D eigenvalue weighted by atomic mass is 10.0. The first-order chi connectivity index (χ1) is 9.78. The van der Waals surface area contributed by atoms with Crippen molar-refractivity contribution < 1.29 is 4.79 Å². The van der Waals surface area contributed by atoms with E-state index in [1.165, 1.54) is 25.7 Å². The van der Waals surface area contributed by atoms with Gasteiger partial charge in [-0.3, -0.25) is 4.79 Å². The molecular formula is C17H22N2O. The van der Waals surface area contributed by atoms with Crippen molar-refractivity contribution in [3.8, 4) is 11.8 Å². The van der Waals surface area contributed by atoms with Crippen LogP contribution in [-0.2, 0) is 11.3 Å². The molecule has 3 heteroatoms. The maximum atomic E-state index is 11.8. The first kappa shape index (κ1) is 14.6. The highest BCUT2D eigenvalue weighted by atomic mass is 16.1. The third kappa shape index (κ3) is 4.71. The highest BCUT2D eigenvalue weighted by Crippen LogP contribution is 2.27. The van der Waals surface area contributed by atoms with Crippen LogP contribution in [0.15, 0.2) is 24.3 Å². The van der Waals surface area contributed by atoms with E-state index >= 15 is 0 Å². The fraction of sp³-hybridized carbons (Fsp3) is 0.471. The number of hydrogen-bond acceptors (Lipinski definition) is 2. The van der Waals surface area contributed by atoms with Crippen molar-refractivity contribution in [3.05, 3.63) is 35.4 Å². The lowest BCUT2D eigenvalue weighted by molar-refractivity contribution is -0.122. The molecule has 0 atom stereocenters. The van der Waals surface area contributed by atoms with Crippen LogP contribution >= 0.6 is 0 Å². The lowest BCUT2D eigenvalue weighted by Gasteiger charge is -2.09. The molecule has 1 saturated carbocycles. The Balaban J connectivity index is 1.76. The average molecular weight is 270 g/mol. The Morgan fingerprint density at radius 3 is 2.60 bits per heavy atom. The Morgan fingerprint density at radius 2 is 1.95 bits per heavy atom. The Morgan fingerprint density at radius 1 is 1.25 bits per heavy atom. The summed E-state index contributed by atoms with van der Waals surface area (Å²) in [7, 11) is 0. The van der Waals surface area contributed by atoms with Crippen molar-refractivity contribution >= 4 is 5.91 Å². The van der Waals surface area contributed by atoms with Gasteiger partial charge in [-0.25, -0.2) is 0 Å². The number of nitrogens with one attached hydrogen (secondary N) is 1. The molecule has 0 spiro atoms. The zero-order valence-electron chi connectivity index (χ0n) is 11.8. The molecule has 0 aromatic heterocycles. The van der Waals surface area contributed by atoms with Gasteiger partial charge in [-0.1, -0.05) is 36.8 Å². The first-order valence-corrected chi connectivity index (χ1v) is 7.32. The predicted molar refractivity (Wildman–Crippen MR) is 80.8 cm³/mol. The highest BCUT2D eigenvalue weighted by molar-refractivity contribution is 5.76. The van der Waals surface area contributed by atoms with Crippen molar-refractivity contribution in [1.82, 2.24) is 5.32 Å². The van der Waals surface area contributed by atoms with Crippen LogP contribution in [0.1, 0.15) is 43.2 Å². The monoisotopic (exact) mass is 270 g/mol. The standard InChI is InChI=1S/C17H22N2O/c18-11-3-6-14-7-9-16(10-8-14)13-19-17(20)12-15-4-1-2-5-15/h7-10,15H,1-2,4-5,11-13,18H2,(H,19,20). The summed E-state index contributed by atoms with van der Waals surface area (Å²) in [4.78, 5) is 11.8. The number of benzene rings is 1. The maximum absolute atomic E-state index is 11.8. The number of carbonyl (C=O) groups excluding carboxylic acids is 1. The SMILES string of the molecule is NCC#Cc1ccc(CNC(=O)CC2CCCC2)cc1. The summed E-state index contributed by atoms with van der Waals surface area (Å²) in [6.45, 7) is 0.967. The van der Waals surface area contributed by atoms with Crippen LogP contribution in [0.25, 0.3) is 0 Å². The zero-order valence-corrected chi connectivity index (χ0v) is 11.8. The van der Waals surface area contributed by atoms with E-state index in [0.29, 0.717) is 25.4 Å². The summed E-state index contributed by atoms with van der Waals surface area (Å²) in [5.41, 5.74) is 7.39. The lowest BCUT2D eigenvalue weighted by Crippen LogP contribution is -2.24. The summed E-state index contributed by atoms with van der Waals surface area (Å²) in [5.74, 6) is 6.58. The molecule has 106 valence electrons. The second-order valence-corrected chi connectivity index (χ2v) is 5.33. The van der Waals surface area contributed by atoms with E-state index in [-0.39, 0.29) is 5.91 Å². The summed E-state index contributed by atoms with van der Waals surface area (Å²) in [6.07, 6.45) is 5.66. The van der Waals surface area contributed by atoms with Crippen LogP contribution < -0.4 is 11.1 Å². The molecule has 1 amide bonds. The van der Waals surface area contributed by atoms with Crippen molar-refractivity contribution in [1.29, 1.82) is 0 Å². The van der Waals surface area contributed by atoms with E-state index in [4.69, 9.17) is 5.73 Å². The molecule has 1 aromatic rings. The molecule has 0 unspecified atom stereocenters. The molecule has 2 rings (SSSR count). The van der Waals surface area contributed by atoms with Gasteiger partial charge in [0, 0.05) is 18.5 Å². The molecule has 0 radical (unpaired) electrons. The predicted octanol–water partition coefficient (Wildman–Crippen LogP) is 2.19. The summed E-state index contributed by atoms with van der Waals surface area (Å²) in [6, 6.07) is 7.91. The molecule has 3 nitrogen and oxygen atoms in total. The van der Waals surface area contributed by atoms with Gasteiger partial charge in [0.05, 0.1) is 6.54 Å². The van der Waals surface area contributed by atoms with E-state index in [0.717, 1.165) is 11.1 Å². The van der Waals surface area contributed by atoms with E-state index in [1.54, 1.807) is 0 Å². The van der Waals surface area contributed by atoms with Gasteiger partial charge in [-0.2, -0.15) is 0 Å². The van der Waals surface area contributed by atoms with Gasteiger partial charge >= 0.3 is 0 Å². The highest BCUT2D eigenvalue weighted by Gasteiger charge is 2.17. The molecular weight excluding hydrogens is 248 g/mol. The Bertz CT molecular complexity index is 490. The first-order valence-electron chi connectivity index (χ1n) is 7.32. The van der Waals surface area contributed by atoms with Crippen molar-refractivity contribution in [3.63, 3.8) is 0 Å². The van der Waals surface area contributed by atoms with E-state index < -0.39 is 0 Å². The molecule has 0 aliphatic heterocycles. The molecule has 0 bridgehead atoms. The molecule has 1 fully saturated rings. The third-order valence-electron chi connectivity index (χ3n) is 3.73. The minimum absolute atomic E-state index is 0.170. The van der Waals surface area contributed by atoms with E-state index in [2.05, 4.69) is 17.2 Å². The number of carbonyl (C=O) groups is 1. The Kier molecular flexibility index (Phi) is 5.64.